The highest BCUT2D eigenvalue weighted by atomic mass is 79.9. The molecule has 1 aromatic carbocycles. The van der Waals surface area contributed by atoms with Gasteiger partial charge in [-0.1, -0.05) is 22.9 Å². The molecule has 0 radical (unpaired) electrons. The molecule has 0 aliphatic rings. The van der Waals surface area contributed by atoms with Crippen molar-refractivity contribution < 1.29 is 8.42 Å². The Hall–Kier alpha value is 0.380. The average Bonchev–Trinajstić information content (AvgIpc) is 2.29. The maximum Gasteiger partial charge on any atom is 0.241 e. The molecule has 0 fully saturated rings. The third-order valence-electron chi connectivity index (χ3n) is 2.12. The van der Waals surface area contributed by atoms with Crippen molar-refractivity contribution in [3.05, 3.63) is 27.1 Å². The second-order valence-corrected chi connectivity index (χ2v) is 7.55. The van der Waals surface area contributed by atoms with Crippen LogP contribution in [0.15, 0.2) is 32.0 Å². The summed E-state index contributed by atoms with van der Waals surface area (Å²) in [6, 6.07) is 4.98. The normalized spacial score (nSPS) is 13.6. The first-order chi connectivity index (χ1) is 7.86. The molecule has 1 rings (SSSR count). The number of nitrogens with one attached hydrogen (secondary N) is 1. The number of sulfonamides is 1. The van der Waals surface area contributed by atoms with Gasteiger partial charge in [0.05, 0.1) is 4.90 Å². The molecule has 1 N–H and O–H groups in total. The first kappa shape index (κ1) is 15.4. The molecule has 1 atom stereocenters. The van der Waals surface area contributed by atoms with E-state index in [-0.39, 0.29) is 16.8 Å². The molecule has 3 nitrogen and oxygen atoms in total. The van der Waals surface area contributed by atoms with Crippen LogP contribution in [0.5, 0.6) is 0 Å². The molecule has 17 heavy (non-hydrogen) atoms. The maximum atomic E-state index is 12.0. The van der Waals surface area contributed by atoms with E-state index in [1.165, 1.54) is 0 Å². The van der Waals surface area contributed by atoms with Crippen LogP contribution in [-0.2, 0) is 10.0 Å². The number of rotatable bonds is 5. The summed E-state index contributed by atoms with van der Waals surface area (Å²) in [5.74, 6) is 0. The van der Waals surface area contributed by atoms with E-state index in [1.54, 1.807) is 18.2 Å². The molecule has 96 valence electrons. The highest BCUT2D eigenvalue weighted by Gasteiger charge is 2.18. The van der Waals surface area contributed by atoms with E-state index in [0.29, 0.717) is 15.4 Å². The molecule has 0 amide bonds. The summed E-state index contributed by atoms with van der Waals surface area (Å²) in [4.78, 5) is 0.201. The zero-order valence-electron chi connectivity index (χ0n) is 9.08. The lowest BCUT2D eigenvalue weighted by molar-refractivity contribution is 0.578. The van der Waals surface area contributed by atoms with Gasteiger partial charge >= 0.3 is 0 Å². The van der Waals surface area contributed by atoms with Crippen LogP contribution in [0.2, 0.25) is 0 Å². The molecular formula is C10H12Br2ClNO2S. The van der Waals surface area contributed by atoms with Crippen LogP contribution >= 0.6 is 43.5 Å². The Morgan fingerprint density at radius 3 is 2.65 bits per heavy atom. The van der Waals surface area contributed by atoms with E-state index in [2.05, 4.69) is 36.6 Å². The van der Waals surface area contributed by atoms with E-state index in [9.17, 15) is 8.42 Å². The third kappa shape index (κ3) is 4.52. The Kier molecular flexibility index (Phi) is 5.92. The summed E-state index contributed by atoms with van der Waals surface area (Å²) >= 11 is 12.3. The zero-order valence-corrected chi connectivity index (χ0v) is 13.8. The zero-order chi connectivity index (χ0) is 13.1. The molecule has 0 aromatic heterocycles. The minimum Gasteiger partial charge on any atom is -0.210 e. The molecule has 0 spiro atoms. The van der Waals surface area contributed by atoms with Gasteiger partial charge in [0, 0.05) is 20.9 Å². The number of hydrogen-bond acceptors (Lipinski definition) is 2. The van der Waals surface area contributed by atoms with Crippen LogP contribution in [0.25, 0.3) is 0 Å². The molecule has 0 saturated heterocycles. The Morgan fingerprint density at radius 2 is 2.06 bits per heavy atom. The number of hydrogen-bond donors (Lipinski definition) is 1. The van der Waals surface area contributed by atoms with Gasteiger partial charge in [0.1, 0.15) is 0 Å². The summed E-state index contributed by atoms with van der Waals surface area (Å²) < 4.78 is 27.7. The van der Waals surface area contributed by atoms with E-state index in [0.717, 1.165) is 0 Å². The molecule has 0 heterocycles. The standard InChI is InChI=1S/C10H12Br2ClNO2S/c1-2-8(13)6-14-17(15,16)10-5-7(11)3-4-9(10)12/h3-5,8,14H,2,6H2,1H3. The Morgan fingerprint density at radius 1 is 1.41 bits per heavy atom. The number of benzene rings is 1. The molecule has 1 unspecified atom stereocenters. The van der Waals surface area contributed by atoms with Crippen molar-refractivity contribution in [2.24, 2.45) is 0 Å². The van der Waals surface area contributed by atoms with Gasteiger partial charge < -0.3 is 0 Å². The third-order valence-corrected chi connectivity index (χ3v) is 5.49. The fraction of sp³-hybridized carbons (Fsp3) is 0.400. The molecule has 0 bridgehead atoms. The van der Waals surface area contributed by atoms with Gasteiger partial charge in [-0.05, 0) is 40.5 Å². The first-order valence-electron chi connectivity index (χ1n) is 4.95. The second kappa shape index (κ2) is 6.52. The van der Waals surface area contributed by atoms with Crippen LogP contribution in [-0.4, -0.2) is 20.3 Å². The lowest BCUT2D eigenvalue weighted by Gasteiger charge is -2.11. The summed E-state index contributed by atoms with van der Waals surface area (Å²) in [5.41, 5.74) is 0. The fourth-order valence-corrected chi connectivity index (χ4v) is 3.86. The topological polar surface area (TPSA) is 46.2 Å². The maximum absolute atomic E-state index is 12.0. The predicted octanol–water partition coefficient (Wildman–Crippen LogP) is 3.51. The van der Waals surface area contributed by atoms with Gasteiger partial charge in [0.15, 0.2) is 0 Å². The molecular weight excluding hydrogens is 393 g/mol. The minimum atomic E-state index is -3.53. The lowest BCUT2D eigenvalue weighted by Crippen LogP contribution is -2.29. The molecule has 1 aromatic rings. The van der Waals surface area contributed by atoms with Crippen molar-refractivity contribution in [1.82, 2.24) is 4.72 Å². The van der Waals surface area contributed by atoms with Crippen LogP contribution in [0.1, 0.15) is 13.3 Å². The Labute approximate surface area is 123 Å². The molecule has 0 aliphatic carbocycles. The van der Waals surface area contributed by atoms with Gasteiger partial charge in [-0.25, -0.2) is 13.1 Å². The van der Waals surface area contributed by atoms with E-state index < -0.39 is 10.0 Å². The summed E-state index contributed by atoms with van der Waals surface area (Å²) in [6.45, 7) is 2.13. The van der Waals surface area contributed by atoms with Crippen molar-refractivity contribution in [1.29, 1.82) is 0 Å². The molecule has 0 aliphatic heterocycles. The van der Waals surface area contributed by atoms with E-state index >= 15 is 0 Å². The SMILES string of the molecule is CCC(Cl)CNS(=O)(=O)c1cc(Br)ccc1Br. The monoisotopic (exact) mass is 403 g/mol. The van der Waals surface area contributed by atoms with Crippen molar-refractivity contribution in [2.45, 2.75) is 23.6 Å². The van der Waals surface area contributed by atoms with Crippen molar-refractivity contribution in [3.8, 4) is 0 Å². The summed E-state index contributed by atoms with van der Waals surface area (Å²) in [7, 11) is -3.53. The van der Waals surface area contributed by atoms with Crippen molar-refractivity contribution in [2.75, 3.05) is 6.54 Å². The Bertz CT molecular complexity index is 493. The molecule has 0 saturated carbocycles. The minimum absolute atomic E-state index is 0.198. The van der Waals surface area contributed by atoms with Gasteiger partial charge in [-0.2, -0.15) is 0 Å². The number of halogens is 3. The van der Waals surface area contributed by atoms with Gasteiger partial charge in [-0.15, -0.1) is 11.6 Å². The smallest absolute Gasteiger partial charge is 0.210 e. The summed E-state index contributed by atoms with van der Waals surface area (Å²) in [5, 5.41) is -0.198. The first-order valence-corrected chi connectivity index (χ1v) is 8.46. The van der Waals surface area contributed by atoms with E-state index in [1.807, 2.05) is 6.92 Å². The van der Waals surface area contributed by atoms with Crippen molar-refractivity contribution in [3.63, 3.8) is 0 Å². The fourth-order valence-electron chi connectivity index (χ4n) is 1.11. The largest absolute Gasteiger partial charge is 0.241 e. The van der Waals surface area contributed by atoms with E-state index in [4.69, 9.17) is 11.6 Å². The van der Waals surface area contributed by atoms with Gasteiger partial charge in [0.2, 0.25) is 10.0 Å². The summed E-state index contributed by atoms with van der Waals surface area (Å²) in [6.07, 6.45) is 0.712. The van der Waals surface area contributed by atoms with Gasteiger partial charge in [-0.3, -0.25) is 0 Å². The highest BCUT2D eigenvalue weighted by Crippen LogP contribution is 2.25. The number of alkyl halides is 1. The van der Waals surface area contributed by atoms with Crippen LogP contribution in [0, 0.1) is 0 Å². The van der Waals surface area contributed by atoms with Crippen LogP contribution < -0.4 is 4.72 Å². The average molecular weight is 406 g/mol. The van der Waals surface area contributed by atoms with Crippen LogP contribution in [0.3, 0.4) is 0 Å². The lowest BCUT2D eigenvalue weighted by atomic mass is 10.3. The highest BCUT2D eigenvalue weighted by molar-refractivity contribution is 9.11. The predicted molar refractivity (Wildman–Crippen MR) is 77.0 cm³/mol. The second-order valence-electron chi connectivity index (χ2n) is 3.43. The quantitative estimate of drug-likeness (QED) is 0.762. The van der Waals surface area contributed by atoms with Crippen LogP contribution in [0.4, 0.5) is 0 Å². The van der Waals surface area contributed by atoms with Crippen molar-refractivity contribution >= 4 is 53.5 Å². The van der Waals surface area contributed by atoms with Gasteiger partial charge in [0.25, 0.3) is 0 Å². The molecule has 7 heteroatoms. The Balaban J connectivity index is 2.93.